The maximum atomic E-state index is 11.8. The number of aromatic nitrogens is 1. The van der Waals surface area contributed by atoms with Crippen molar-refractivity contribution in [3.8, 4) is 67.4 Å². The van der Waals surface area contributed by atoms with Gasteiger partial charge in [0.15, 0.2) is 0 Å². The van der Waals surface area contributed by atoms with E-state index in [9.17, 15) is 18.8 Å². The molecule has 11 aromatic rings. The molecule has 1 aliphatic heterocycles. The highest BCUT2D eigenvalue weighted by Crippen LogP contribution is 2.43. The monoisotopic (exact) mass is 786 g/mol. The molecule has 0 fully saturated rings. The molecule has 5 heteroatoms. The number of para-hydroxylation sites is 6. The van der Waals surface area contributed by atoms with E-state index in [-0.39, 0.29) is 0 Å². The van der Waals surface area contributed by atoms with Crippen LogP contribution in [0.1, 0.15) is 43.9 Å². The second-order valence-corrected chi connectivity index (χ2v) is 12.7. The van der Waals surface area contributed by atoms with Gasteiger partial charge in [-0.1, -0.05) is 145 Å². The first-order valence-corrected chi connectivity index (χ1v) is 17.3. The summed E-state index contributed by atoms with van der Waals surface area (Å²) in [5.41, 5.74) is -12.1. The highest BCUT2D eigenvalue weighted by molar-refractivity contribution is 6.71. The number of phenolic OH excluding ortho intramolecular Hbond substituents is 1. The number of fused-ring (bicyclic) bond motifs is 8. The number of benzene rings is 9. The third-order valence-corrected chi connectivity index (χ3v) is 9.52. The molecule has 0 bridgehead atoms. The van der Waals surface area contributed by atoms with Gasteiger partial charge in [-0.05, 0) is 87.1 Å². The molecule has 3 heterocycles. The van der Waals surface area contributed by atoms with Gasteiger partial charge in [0.05, 0.1) is 60.6 Å². The van der Waals surface area contributed by atoms with Gasteiger partial charge >= 0.3 is 0 Å². The Morgan fingerprint density at radius 1 is 0.458 bits per heavy atom. The first kappa shape index (κ1) is 14.6. The molecule has 9 aromatic carbocycles. The highest BCUT2D eigenvalue weighted by atomic mass is 16.5. The molecule has 0 saturated heterocycles. The Hall–Kier alpha value is -7.76. The van der Waals surface area contributed by atoms with Crippen molar-refractivity contribution in [1.29, 1.82) is 0 Å². The second kappa shape index (κ2) is 13.2. The summed E-state index contributed by atoms with van der Waals surface area (Å²) < 4.78 is 303. The lowest BCUT2D eigenvalue weighted by atomic mass is 9.59. The zero-order valence-electron chi connectivity index (χ0n) is 61.3. The van der Waals surface area contributed by atoms with Crippen molar-refractivity contribution in [2.75, 3.05) is 0 Å². The average Bonchev–Trinajstić information content (AvgIpc) is 1.37. The highest BCUT2D eigenvalue weighted by Gasteiger charge is 2.26. The molecule has 59 heavy (non-hydrogen) atoms. The fourth-order valence-corrected chi connectivity index (χ4v) is 6.99. The lowest BCUT2D eigenvalue weighted by Crippen LogP contribution is -2.35. The van der Waals surface area contributed by atoms with E-state index in [0.717, 1.165) is 7.28 Å². The summed E-state index contributed by atoms with van der Waals surface area (Å²) in [7, 11) is 0.895. The van der Waals surface area contributed by atoms with Crippen molar-refractivity contribution in [1.82, 2.24) is 4.57 Å². The van der Waals surface area contributed by atoms with Crippen molar-refractivity contribution in [3.05, 3.63) is 193 Å². The lowest BCUT2D eigenvalue weighted by Gasteiger charge is -2.25. The summed E-state index contributed by atoms with van der Waals surface area (Å²) in [6.07, 6.45) is 0. The number of phenols is 1. The van der Waals surface area contributed by atoms with Gasteiger partial charge in [0, 0.05) is 38.2 Å². The number of nitrogens with zero attached hydrogens (tertiary/aromatic N) is 1. The van der Waals surface area contributed by atoms with Crippen molar-refractivity contribution >= 4 is 61.9 Å². The van der Waals surface area contributed by atoms with Crippen molar-refractivity contribution < 1.29 is 58.1 Å². The van der Waals surface area contributed by atoms with Crippen LogP contribution in [0.25, 0.3) is 93.9 Å². The summed E-state index contributed by atoms with van der Waals surface area (Å²) in [4.78, 5) is 0. The maximum absolute atomic E-state index is 11.8. The van der Waals surface area contributed by atoms with Crippen LogP contribution in [0.3, 0.4) is 0 Å². The van der Waals surface area contributed by atoms with E-state index in [4.69, 9.17) is 39.3 Å². The molecule has 2 aromatic heterocycles. The van der Waals surface area contributed by atoms with Crippen LogP contribution in [0, 0.1) is 0 Å². The zero-order chi connectivity index (χ0) is 66.9. The Morgan fingerprint density at radius 2 is 1.07 bits per heavy atom. The average molecular weight is 787 g/mol. The minimum Gasteiger partial charge on any atom is -0.507 e. The smallest absolute Gasteiger partial charge is 0.202 e. The predicted molar refractivity (Wildman–Crippen MR) is 243 cm³/mol. The third kappa shape index (κ3) is 5.25. The molecular formula is C54H33BNO3. The molecule has 1 N–H and O–H groups in total. The summed E-state index contributed by atoms with van der Waals surface area (Å²) in [5.74, 6) is -3.07. The van der Waals surface area contributed by atoms with Gasteiger partial charge in [-0.25, -0.2) is 0 Å². The van der Waals surface area contributed by atoms with Crippen molar-refractivity contribution in [2.45, 2.75) is 0 Å². The van der Waals surface area contributed by atoms with Crippen LogP contribution in [-0.4, -0.2) is 17.0 Å². The van der Waals surface area contributed by atoms with E-state index in [2.05, 4.69) is 0 Å². The molecule has 4 nitrogen and oxygen atoms in total. The largest absolute Gasteiger partial charge is 0.507 e. The molecule has 0 unspecified atom stereocenters. The first-order chi connectivity index (χ1) is 42.5. The maximum Gasteiger partial charge on any atom is 0.202 e. The SMILES string of the molecule is [2H]c1c([2H])c([2H])c(-c2c([2H])c(-c3c([2H])c([2H])c([2H])c([2H])c3-c3c([2H])c([2H])c([2H])c4c3oc3c([2H])c([2H])c([2H])c([2H])c34)c([2H])c3c2[B]c2c([2H])c([2H])c(-c4c([2H])c([2H])c([2H])c([2H])c4-n4c5c([2H])c([2H])c([2H])c([2H])c5c5c([2H])c([2H])c([2H])c([2H])c54)c([2H])c2O3)c(O)c1[2H]. The number of hydrogen-bond acceptors (Lipinski definition) is 3. The van der Waals surface area contributed by atoms with Crippen LogP contribution < -0.4 is 15.7 Å². The number of rotatable bonds is 5. The van der Waals surface area contributed by atoms with E-state index < -0.39 is 315 Å². The standard InChI is InChI=1S/C54H33BNO3/c57-49-26-11-6-19-40(49)44-30-34(35-14-1-2-16-37(35)42-21-13-22-43-41-20-7-12-27-50(41)59-54(42)43)32-52-53(44)55-45-29-28-33(31-51(45)58-52)36-15-3-8-23-46(36)56-47-24-9-4-17-38(47)39-18-5-10-25-48(39)56/h1-32,57H/i1D,2D,3D,4D,5D,6D,7D,8D,9D,10D,11D,12D,13D,14D,15D,16D,17D,18D,19D,20D,21D,22D,23D,24D,25D,26D,27D,28D,29D,30D,31D,32D. The molecule has 275 valence electrons. The van der Waals surface area contributed by atoms with E-state index in [1.54, 1.807) is 0 Å². The minimum absolute atomic E-state index is 0.484. The fourth-order valence-electron chi connectivity index (χ4n) is 6.99. The molecular weight excluding hydrogens is 721 g/mol. The first-order valence-electron chi connectivity index (χ1n) is 33.3. The topological polar surface area (TPSA) is 47.5 Å². The fraction of sp³-hybridized carbons (Fsp3) is 0. The Bertz CT molecular complexity index is 5240. The van der Waals surface area contributed by atoms with E-state index in [0.29, 0.717) is 4.57 Å². The van der Waals surface area contributed by atoms with Crippen LogP contribution in [0.2, 0.25) is 0 Å². The minimum atomic E-state index is -1.27. The van der Waals surface area contributed by atoms with Crippen LogP contribution in [0.5, 0.6) is 17.2 Å². The third-order valence-electron chi connectivity index (χ3n) is 9.52. The van der Waals surface area contributed by atoms with Crippen molar-refractivity contribution in [3.63, 3.8) is 0 Å². The Balaban J connectivity index is 1.23. The number of hydrogen-bond donors (Lipinski definition) is 1. The molecule has 1 aliphatic rings. The second-order valence-electron chi connectivity index (χ2n) is 12.7. The number of aromatic hydroxyl groups is 1. The summed E-state index contributed by atoms with van der Waals surface area (Å²) in [5, 5.41) is 9.71. The summed E-state index contributed by atoms with van der Waals surface area (Å²) in [6.45, 7) is 0. The summed E-state index contributed by atoms with van der Waals surface area (Å²) >= 11 is 0. The van der Waals surface area contributed by atoms with Crippen LogP contribution >= 0.6 is 0 Å². The molecule has 0 aliphatic carbocycles. The van der Waals surface area contributed by atoms with Gasteiger partial charge in [-0.15, -0.1) is 0 Å². The van der Waals surface area contributed by atoms with Gasteiger partial charge in [-0.3, -0.25) is 0 Å². The molecule has 12 rings (SSSR count). The Morgan fingerprint density at radius 3 is 1.88 bits per heavy atom. The molecule has 0 spiro atoms. The van der Waals surface area contributed by atoms with Gasteiger partial charge in [0.1, 0.15) is 28.4 Å². The normalized spacial score (nSPS) is 19.7. The van der Waals surface area contributed by atoms with Gasteiger partial charge < -0.3 is 18.8 Å². The van der Waals surface area contributed by atoms with Gasteiger partial charge in [0.25, 0.3) is 0 Å². The van der Waals surface area contributed by atoms with E-state index >= 15 is 0 Å². The van der Waals surface area contributed by atoms with E-state index in [1.165, 1.54) is 0 Å². The molecule has 0 saturated carbocycles. The molecule has 1 radical (unpaired) electrons. The lowest BCUT2D eigenvalue weighted by molar-refractivity contribution is 0.477. The van der Waals surface area contributed by atoms with Gasteiger partial charge in [0.2, 0.25) is 7.28 Å². The number of furan rings is 1. The van der Waals surface area contributed by atoms with E-state index in [1.807, 2.05) is 0 Å². The van der Waals surface area contributed by atoms with Crippen LogP contribution in [-0.2, 0) is 0 Å². The zero-order valence-corrected chi connectivity index (χ0v) is 29.3. The Kier molecular flexibility index (Phi) is 3.25. The van der Waals surface area contributed by atoms with Gasteiger partial charge in [-0.2, -0.15) is 0 Å². The Labute approximate surface area is 386 Å². The number of ether oxygens (including phenoxy) is 1. The molecule has 0 amide bonds. The summed E-state index contributed by atoms with van der Waals surface area (Å²) in [6, 6.07) is -31.5. The van der Waals surface area contributed by atoms with Crippen molar-refractivity contribution in [2.24, 2.45) is 0 Å². The predicted octanol–water partition coefficient (Wildman–Crippen LogP) is 12.8. The molecule has 0 atom stereocenters. The van der Waals surface area contributed by atoms with Crippen LogP contribution in [0.15, 0.2) is 198 Å². The quantitative estimate of drug-likeness (QED) is 0.177. The van der Waals surface area contributed by atoms with Crippen LogP contribution in [0.4, 0.5) is 0 Å².